The molecule has 0 fully saturated rings. The Morgan fingerprint density at radius 1 is 1.55 bits per heavy atom. The SMILES string of the molecule is Cn1cnc([N+](=O)[O-])c1Oc1ccc(Cl)c(C(=O)O)c1. The summed E-state index contributed by atoms with van der Waals surface area (Å²) in [6.45, 7) is 0. The maximum absolute atomic E-state index is 11.0. The van der Waals surface area contributed by atoms with E-state index in [9.17, 15) is 14.9 Å². The smallest absolute Gasteiger partial charge is 0.427 e. The number of nitrogens with zero attached hydrogens (tertiary/aromatic N) is 3. The fourth-order valence-electron chi connectivity index (χ4n) is 1.49. The van der Waals surface area contributed by atoms with Crippen molar-refractivity contribution in [1.29, 1.82) is 0 Å². The highest BCUT2D eigenvalue weighted by Crippen LogP contribution is 2.31. The van der Waals surface area contributed by atoms with E-state index in [0.717, 1.165) is 0 Å². The van der Waals surface area contributed by atoms with Crippen LogP contribution >= 0.6 is 11.6 Å². The van der Waals surface area contributed by atoms with Crippen molar-refractivity contribution in [3.8, 4) is 11.6 Å². The summed E-state index contributed by atoms with van der Waals surface area (Å²) in [6.07, 6.45) is 1.22. The number of imidazole rings is 1. The average molecular weight is 298 g/mol. The van der Waals surface area contributed by atoms with Gasteiger partial charge < -0.3 is 20.0 Å². The lowest BCUT2D eigenvalue weighted by molar-refractivity contribution is -0.390. The van der Waals surface area contributed by atoms with Crippen molar-refractivity contribution in [2.24, 2.45) is 7.05 Å². The van der Waals surface area contributed by atoms with Gasteiger partial charge in [-0.2, -0.15) is 0 Å². The van der Waals surface area contributed by atoms with Gasteiger partial charge in [-0.25, -0.2) is 4.79 Å². The van der Waals surface area contributed by atoms with Crippen LogP contribution in [0, 0.1) is 10.1 Å². The molecule has 1 N–H and O–H groups in total. The number of rotatable bonds is 4. The Kier molecular flexibility index (Phi) is 3.57. The molecule has 104 valence electrons. The first kappa shape index (κ1) is 13.8. The third-order valence-corrected chi connectivity index (χ3v) is 2.75. The van der Waals surface area contributed by atoms with Crippen LogP contribution in [-0.2, 0) is 7.05 Å². The van der Waals surface area contributed by atoms with Crippen molar-refractivity contribution in [2.75, 3.05) is 0 Å². The highest BCUT2D eigenvalue weighted by Gasteiger charge is 2.23. The second-order valence-electron chi connectivity index (χ2n) is 3.79. The van der Waals surface area contributed by atoms with Crippen LogP contribution in [0.15, 0.2) is 24.5 Å². The summed E-state index contributed by atoms with van der Waals surface area (Å²) in [4.78, 5) is 24.6. The van der Waals surface area contributed by atoms with E-state index in [0.29, 0.717) is 0 Å². The maximum atomic E-state index is 11.0. The number of halogens is 1. The van der Waals surface area contributed by atoms with Gasteiger partial charge in [0.1, 0.15) is 5.75 Å². The van der Waals surface area contributed by atoms with Crippen molar-refractivity contribution in [3.63, 3.8) is 0 Å². The monoisotopic (exact) mass is 297 g/mol. The summed E-state index contributed by atoms with van der Waals surface area (Å²) in [6, 6.07) is 3.93. The molecule has 0 aliphatic heterocycles. The Morgan fingerprint density at radius 3 is 2.85 bits per heavy atom. The average Bonchev–Trinajstić information content (AvgIpc) is 2.73. The molecule has 2 aromatic rings. The fraction of sp³-hybridized carbons (Fsp3) is 0.0909. The van der Waals surface area contributed by atoms with Crippen LogP contribution in [0.25, 0.3) is 0 Å². The van der Waals surface area contributed by atoms with Gasteiger partial charge >= 0.3 is 17.7 Å². The van der Waals surface area contributed by atoms with Crippen LogP contribution in [-0.4, -0.2) is 25.6 Å². The molecule has 20 heavy (non-hydrogen) atoms. The van der Waals surface area contributed by atoms with Crippen LogP contribution in [0.2, 0.25) is 5.02 Å². The lowest BCUT2D eigenvalue weighted by Crippen LogP contribution is -2.00. The highest BCUT2D eigenvalue weighted by molar-refractivity contribution is 6.33. The molecular formula is C11H8ClN3O5. The van der Waals surface area contributed by atoms with Gasteiger partial charge in [0.2, 0.25) is 6.33 Å². The number of hydrogen-bond acceptors (Lipinski definition) is 5. The Bertz CT molecular complexity index is 697. The number of ether oxygens (including phenoxy) is 1. The highest BCUT2D eigenvalue weighted by atomic mass is 35.5. The Morgan fingerprint density at radius 2 is 2.25 bits per heavy atom. The zero-order valence-corrected chi connectivity index (χ0v) is 10.9. The molecule has 9 heteroatoms. The third-order valence-electron chi connectivity index (χ3n) is 2.42. The summed E-state index contributed by atoms with van der Waals surface area (Å²) in [5, 5.41) is 19.8. The van der Waals surface area contributed by atoms with Gasteiger partial charge in [-0.3, -0.25) is 4.57 Å². The fourth-order valence-corrected chi connectivity index (χ4v) is 1.69. The van der Waals surface area contributed by atoms with Gasteiger partial charge in [-0.05, 0) is 28.1 Å². The molecule has 0 amide bonds. The zero-order chi connectivity index (χ0) is 14.9. The van der Waals surface area contributed by atoms with Crippen LogP contribution in [0.5, 0.6) is 11.6 Å². The Balaban J connectivity index is 2.40. The first-order chi connectivity index (χ1) is 9.40. The number of carboxylic acid groups (broad SMARTS) is 1. The van der Waals surface area contributed by atoms with E-state index in [1.165, 1.54) is 36.1 Å². The van der Waals surface area contributed by atoms with Gasteiger partial charge in [0.05, 0.1) is 10.6 Å². The molecule has 0 atom stereocenters. The standard InChI is InChI=1S/C11H8ClN3O5/c1-14-5-13-9(15(18)19)10(14)20-6-2-3-8(12)7(4-6)11(16)17/h2-5H,1H3,(H,16,17). The molecule has 2 rings (SSSR count). The molecule has 0 unspecified atom stereocenters. The molecule has 1 heterocycles. The van der Waals surface area contributed by atoms with Crippen LogP contribution < -0.4 is 4.74 Å². The topological polar surface area (TPSA) is 107 Å². The Hall–Kier alpha value is -2.61. The number of hydrogen-bond donors (Lipinski definition) is 1. The van der Waals surface area contributed by atoms with Crippen molar-refractivity contribution in [2.45, 2.75) is 0 Å². The minimum absolute atomic E-state index is 0.0457. The van der Waals surface area contributed by atoms with Crippen LogP contribution in [0.3, 0.4) is 0 Å². The second kappa shape index (κ2) is 5.17. The third kappa shape index (κ3) is 2.54. The van der Waals surface area contributed by atoms with Gasteiger partial charge in [0.25, 0.3) is 0 Å². The molecular weight excluding hydrogens is 290 g/mol. The van der Waals surface area contributed by atoms with E-state index < -0.39 is 16.7 Å². The lowest BCUT2D eigenvalue weighted by atomic mass is 10.2. The summed E-state index contributed by atoms with van der Waals surface area (Å²) in [5.74, 6) is -1.67. The van der Waals surface area contributed by atoms with Crippen molar-refractivity contribution in [1.82, 2.24) is 9.55 Å². The predicted octanol–water partition coefficient (Wildman–Crippen LogP) is 2.47. The number of aryl methyl sites for hydroxylation is 1. The van der Waals surface area contributed by atoms with E-state index in [1.807, 2.05) is 0 Å². The summed E-state index contributed by atoms with van der Waals surface area (Å²) < 4.78 is 6.64. The number of nitro groups is 1. The number of carbonyl (C=O) groups is 1. The normalized spacial score (nSPS) is 10.3. The van der Waals surface area contributed by atoms with Crippen LogP contribution in [0.4, 0.5) is 5.82 Å². The van der Waals surface area contributed by atoms with E-state index in [4.69, 9.17) is 21.4 Å². The molecule has 0 saturated heterocycles. The number of carboxylic acids is 1. The molecule has 1 aromatic heterocycles. The van der Waals surface area contributed by atoms with Crippen LogP contribution in [0.1, 0.15) is 10.4 Å². The molecule has 0 saturated carbocycles. The quantitative estimate of drug-likeness (QED) is 0.686. The minimum atomic E-state index is -1.22. The van der Waals surface area contributed by atoms with Gasteiger partial charge in [0, 0.05) is 7.05 Å². The van der Waals surface area contributed by atoms with E-state index >= 15 is 0 Å². The maximum Gasteiger partial charge on any atom is 0.427 e. The summed E-state index contributed by atoms with van der Waals surface area (Å²) in [7, 11) is 1.52. The molecule has 0 aliphatic carbocycles. The molecule has 0 spiro atoms. The second-order valence-corrected chi connectivity index (χ2v) is 4.20. The zero-order valence-electron chi connectivity index (χ0n) is 10.1. The largest absolute Gasteiger partial charge is 0.478 e. The molecule has 0 radical (unpaired) electrons. The van der Waals surface area contributed by atoms with Crippen molar-refractivity contribution in [3.05, 3.63) is 45.2 Å². The molecule has 0 bridgehead atoms. The van der Waals surface area contributed by atoms with Crippen molar-refractivity contribution < 1.29 is 19.6 Å². The van der Waals surface area contributed by atoms with Gasteiger partial charge in [-0.1, -0.05) is 11.6 Å². The van der Waals surface area contributed by atoms with Gasteiger partial charge in [-0.15, -0.1) is 0 Å². The van der Waals surface area contributed by atoms with Gasteiger partial charge in [0.15, 0.2) is 0 Å². The van der Waals surface area contributed by atoms with Crippen molar-refractivity contribution >= 4 is 23.4 Å². The molecule has 1 aromatic carbocycles. The minimum Gasteiger partial charge on any atom is -0.478 e. The molecule has 0 aliphatic rings. The predicted molar refractivity (Wildman–Crippen MR) is 68.3 cm³/mol. The van der Waals surface area contributed by atoms with E-state index in [2.05, 4.69) is 4.98 Å². The van der Waals surface area contributed by atoms with E-state index in [-0.39, 0.29) is 22.2 Å². The Labute approximate surface area is 117 Å². The summed E-state index contributed by atoms with van der Waals surface area (Å²) in [5.41, 5.74) is -0.158. The first-order valence-electron chi connectivity index (χ1n) is 5.26. The van der Waals surface area contributed by atoms with E-state index in [1.54, 1.807) is 0 Å². The lowest BCUT2D eigenvalue weighted by Gasteiger charge is -2.07. The summed E-state index contributed by atoms with van der Waals surface area (Å²) >= 11 is 5.72. The number of aromatic nitrogens is 2. The number of benzene rings is 1. The molecule has 8 nitrogen and oxygen atoms in total. The first-order valence-corrected chi connectivity index (χ1v) is 5.64. The number of aromatic carboxylic acids is 1.